The molecule has 0 unspecified atom stereocenters. The van der Waals surface area contributed by atoms with Crippen LogP contribution in [-0.2, 0) is 0 Å². The Hall–Kier alpha value is 0.987. The van der Waals surface area contributed by atoms with E-state index in [-0.39, 0.29) is 0 Å². The first-order valence-electron chi connectivity index (χ1n) is 6.31. The number of rotatable bonds is 10. The van der Waals surface area contributed by atoms with Gasteiger partial charge < -0.3 is 0 Å². The van der Waals surface area contributed by atoms with Crippen molar-refractivity contribution >= 4 is 34.4 Å². The fraction of sp³-hybridized carbons (Fsp3) is 1.00. The number of unbranched alkanes of at least 4 members (excludes halogenated alkanes) is 7. The molecular weight excluding hydrogens is 288 g/mol. The van der Waals surface area contributed by atoms with Crippen molar-refractivity contribution in [1.82, 2.24) is 0 Å². The Morgan fingerprint density at radius 2 is 1.20 bits per heavy atom. The van der Waals surface area contributed by atoms with E-state index in [0.717, 1.165) is 0 Å². The smallest absolute Gasteiger partial charge is 0.150 e. The summed E-state index contributed by atoms with van der Waals surface area (Å²) in [5.41, 5.74) is 0. The summed E-state index contributed by atoms with van der Waals surface area (Å²) in [6.45, 7) is 4.49. The zero-order valence-corrected chi connectivity index (χ0v) is 13.7. The Kier molecular flexibility index (Phi) is 10.8. The number of hydrogen-bond donors (Lipinski definition) is 0. The first-order chi connectivity index (χ1) is 7.06. The van der Waals surface area contributed by atoms with Gasteiger partial charge in [-0.2, -0.15) is 11.1 Å². The zero-order valence-electron chi connectivity index (χ0n) is 10.3. The summed E-state index contributed by atoms with van der Waals surface area (Å²) < 4.78 is 0. The van der Waals surface area contributed by atoms with Gasteiger partial charge in [0.1, 0.15) is 7.38 Å². The van der Waals surface area contributed by atoms with Crippen molar-refractivity contribution in [2.75, 3.05) is 5.33 Å². The van der Waals surface area contributed by atoms with E-state index in [1.54, 1.807) is 0 Å². The van der Waals surface area contributed by atoms with Gasteiger partial charge in [-0.25, -0.2) is 0 Å². The number of alkyl halides is 1. The average molecular weight is 314 g/mol. The second kappa shape index (κ2) is 10.2. The molecule has 0 atom stereocenters. The van der Waals surface area contributed by atoms with E-state index < -0.39 is 7.38 Å². The van der Waals surface area contributed by atoms with Crippen molar-refractivity contribution in [2.24, 2.45) is 0 Å². The van der Waals surface area contributed by atoms with E-state index in [1.807, 2.05) is 0 Å². The van der Waals surface area contributed by atoms with Crippen LogP contribution in [0.1, 0.15) is 51.4 Å². The Morgan fingerprint density at radius 1 is 0.800 bits per heavy atom. The molecule has 0 N–H and O–H groups in total. The van der Waals surface area contributed by atoms with Crippen LogP contribution in [0.2, 0.25) is 19.1 Å². The maximum atomic E-state index is 6.26. The summed E-state index contributed by atoms with van der Waals surface area (Å²) in [4.78, 5) is 0. The highest BCUT2D eigenvalue weighted by Gasteiger charge is 2.15. The summed E-state index contributed by atoms with van der Waals surface area (Å²) in [6, 6.07) is 1.29. The van der Waals surface area contributed by atoms with Gasteiger partial charge in [-0.15, -0.1) is 0 Å². The van der Waals surface area contributed by atoms with Crippen molar-refractivity contribution in [3.63, 3.8) is 0 Å². The minimum absolute atomic E-state index is 1.17. The molecule has 0 aromatic carbocycles. The van der Waals surface area contributed by atoms with E-state index in [0.29, 0.717) is 0 Å². The fourth-order valence-corrected chi connectivity index (χ4v) is 3.59. The third-order valence-electron chi connectivity index (χ3n) is 2.65. The van der Waals surface area contributed by atoms with Crippen molar-refractivity contribution < 1.29 is 0 Å². The highest BCUT2D eigenvalue weighted by Crippen LogP contribution is 2.19. The fourth-order valence-electron chi connectivity index (χ4n) is 1.70. The van der Waals surface area contributed by atoms with E-state index in [2.05, 4.69) is 29.0 Å². The van der Waals surface area contributed by atoms with Gasteiger partial charge in [-0.1, -0.05) is 74.0 Å². The lowest BCUT2D eigenvalue weighted by atomic mass is 10.1. The third-order valence-corrected chi connectivity index (χ3v) is 5.33. The summed E-state index contributed by atoms with van der Waals surface area (Å²) in [6.07, 6.45) is 11.2. The number of halogens is 2. The maximum Gasteiger partial charge on any atom is 0.150 e. The van der Waals surface area contributed by atoms with Crippen molar-refractivity contribution in [1.29, 1.82) is 0 Å². The minimum Gasteiger partial charge on any atom is -0.168 e. The molecule has 0 saturated heterocycles. The van der Waals surface area contributed by atoms with E-state index in [9.17, 15) is 0 Å². The standard InChI is InChI=1S/C12H26BrClSi/c1-15(2,14)12-10-8-6-4-3-5-7-9-11-13/h3-12H2,1-2H3. The van der Waals surface area contributed by atoms with Crippen molar-refractivity contribution in [3.8, 4) is 0 Å². The molecule has 92 valence electrons. The van der Waals surface area contributed by atoms with Crippen LogP contribution in [0.15, 0.2) is 0 Å². The van der Waals surface area contributed by atoms with Gasteiger partial charge in [0.05, 0.1) is 0 Å². The van der Waals surface area contributed by atoms with Crippen molar-refractivity contribution in [2.45, 2.75) is 70.5 Å². The predicted molar refractivity (Wildman–Crippen MR) is 78.9 cm³/mol. The molecule has 0 bridgehead atoms. The molecule has 0 aliphatic carbocycles. The van der Waals surface area contributed by atoms with Gasteiger partial charge >= 0.3 is 0 Å². The summed E-state index contributed by atoms with van der Waals surface area (Å²) in [5, 5.41) is 1.17. The lowest BCUT2D eigenvalue weighted by Gasteiger charge is -2.11. The molecule has 0 aromatic heterocycles. The highest BCUT2D eigenvalue weighted by atomic mass is 79.9. The monoisotopic (exact) mass is 312 g/mol. The Balaban J connectivity index is 2.99. The predicted octanol–water partition coefficient (Wildman–Crippen LogP) is 5.95. The van der Waals surface area contributed by atoms with Crippen LogP contribution in [0.3, 0.4) is 0 Å². The van der Waals surface area contributed by atoms with Gasteiger partial charge in [0.25, 0.3) is 0 Å². The first kappa shape index (κ1) is 16.0. The molecule has 0 radical (unpaired) electrons. The molecule has 15 heavy (non-hydrogen) atoms. The largest absolute Gasteiger partial charge is 0.168 e. The Morgan fingerprint density at radius 3 is 1.60 bits per heavy atom. The maximum absolute atomic E-state index is 6.26. The SMILES string of the molecule is C[Si](C)(Cl)CCCCCCCCCCBr. The zero-order chi connectivity index (χ0) is 11.6. The van der Waals surface area contributed by atoms with Crippen molar-refractivity contribution in [3.05, 3.63) is 0 Å². The second-order valence-corrected chi connectivity index (χ2v) is 12.8. The average Bonchev–Trinajstić information content (AvgIpc) is 2.14. The molecule has 3 heteroatoms. The lowest BCUT2D eigenvalue weighted by molar-refractivity contribution is 0.586. The van der Waals surface area contributed by atoms with Gasteiger partial charge in [-0.05, 0) is 12.5 Å². The van der Waals surface area contributed by atoms with Gasteiger partial charge in [0, 0.05) is 5.33 Å². The number of hydrogen-bond acceptors (Lipinski definition) is 0. The third kappa shape index (κ3) is 15.0. The van der Waals surface area contributed by atoms with Crippen LogP contribution in [0.4, 0.5) is 0 Å². The highest BCUT2D eigenvalue weighted by molar-refractivity contribution is 9.09. The molecule has 0 aromatic rings. The molecule has 0 rings (SSSR count). The molecule has 0 aliphatic rings. The quantitative estimate of drug-likeness (QED) is 0.202. The van der Waals surface area contributed by atoms with Gasteiger partial charge in [-0.3, -0.25) is 0 Å². The van der Waals surface area contributed by atoms with Crippen LogP contribution < -0.4 is 0 Å². The first-order valence-corrected chi connectivity index (χ1v) is 11.7. The summed E-state index contributed by atoms with van der Waals surface area (Å²) in [5.74, 6) is 0. The summed E-state index contributed by atoms with van der Waals surface area (Å²) in [7, 11) is -1.28. The van der Waals surface area contributed by atoms with E-state index >= 15 is 0 Å². The second-order valence-electron chi connectivity index (χ2n) is 4.99. The summed E-state index contributed by atoms with van der Waals surface area (Å²) >= 11 is 9.73. The Labute approximate surface area is 110 Å². The van der Waals surface area contributed by atoms with Gasteiger partial charge in [0.2, 0.25) is 0 Å². The normalized spacial score (nSPS) is 12.0. The van der Waals surface area contributed by atoms with E-state index in [1.165, 1.54) is 62.7 Å². The van der Waals surface area contributed by atoms with Gasteiger partial charge in [0.15, 0.2) is 0 Å². The molecule has 0 fully saturated rings. The van der Waals surface area contributed by atoms with Crippen LogP contribution in [0.25, 0.3) is 0 Å². The van der Waals surface area contributed by atoms with Crippen LogP contribution in [0, 0.1) is 0 Å². The molecule has 0 aliphatic heterocycles. The van der Waals surface area contributed by atoms with Crippen LogP contribution >= 0.6 is 27.0 Å². The Bertz CT molecular complexity index is 134. The minimum atomic E-state index is -1.28. The van der Waals surface area contributed by atoms with E-state index in [4.69, 9.17) is 11.1 Å². The van der Waals surface area contributed by atoms with Crippen LogP contribution in [0.5, 0.6) is 0 Å². The molecular formula is C12H26BrClSi. The molecule has 0 nitrogen and oxygen atoms in total. The molecule has 0 amide bonds. The lowest BCUT2D eigenvalue weighted by Crippen LogP contribution is -2.14. The molecule has 0 saturated carbocycles. The molecule has 0 spiro atoms. The topological polar surface area (TPSA) is 0 Å². The van der Waals surface area contributed by atoms with Crippen LogP contribution in [-0.4, -0.2) is 12.7 Å². The molecule has 0 heterocycles.